The zero-order chi connectivity index (χ0) is 17.4. The number of halogens is 2. The van der Waals surface area contributed by atoms with E-state index in [1.165, 1.54) is 18.6 Å². The van der Waals surface area contributed by atoms with E-state index in [1.54, 1.807) is 12.1 Å². The highest BCUT2D eigenvalue weighted by atomic mass is 127. The number of aliphatic hydroxyl groups is 1. The molecule has 0 aliphatic heterocycles. The second-order valence-electron chi connectivity index (χ2n) is 6.02. The zero-order valence-corrected chi connectivity index (χ0v) is 18.0. The average molecular weight is 481 g/mol. The minimum atomic E-state index is -0.729. The van der Waals surface area contributed by atoms with Crippen LogP contribution >= 0.6 is 35.7 Å². The first-order chi connectivity index (χ1) is 11.6. The molecule has 4 nitrogen and oxygen atoms in total. The third-order valence-corrected chi connectivity index (χ3v) is 5.38. The molecule has 25 heavy (non-hydrogen) atoms. The SMILES string of the molecule is CCNC(=NCC(O)c1ccc(F)cc1)NC1CCC(SCC)C1.I. The van der Waals surface area contributed by atoms with Crippen molar-refractivity contribution >= 4 is 41.7 Å². The molecule has 1 saturated carbocycles. The standard InChI is InChI=1S/C18H28FN3OS.HI/c1-3-20-18(22-15-9-10-16(11-15)24-4-2)21-12-17(23)13-5-7-14(19)8-6-13;/h5-8,15-17,23H,3-4,9-12H2,1-2H3,(H2,20,21,22);1H. The van der Waals surface area contributed by atoms with Crippen LogP contribution in [-0.4, -0.2) is 41.2 Å². The quantitative estimate of drug-likeness (QED) is 0.316. The predicted molar refractivity (Wildman–Crippen MR) is 115 cm³/mol. The van der Waals surface area contributed by atoms with Gasteiger partial charge in [0, 0.05) is 17.8 Å². The Morgan fingerprint density at radius 1 is 1.32 bits per heavy atom. The van der Waals surface area contributed by atoms with Gasteiger partial charge in [-0.1, -0.05) is 19.1 Å². The molecule has 1 aromatic rings. The van der Waals surface area contributed by atoms with Crippen molar-refractivity contribution in [1.29, 1.82) is 0 Å². The number of aliphatic imine (C=N–C) groups is 1. The molecule has 1 aliphatic rings. The summed E-state index contributed by atoms with van der Waals surface area (Å²) in [5.41, 5.74) is 0.677. The fraction of sp³-hybridized carbons (Fsp3) is 0.611. The van der Waals surface area contributed by atoms with Gasteiger partial charge in [-0.25, -0.2) is 4.39 Å². The van der Waals surface area contributed by atoms with Gasteiger partial charge in [-0.2, -0.15) is 11.8 Å². The molecule has 7 heteroatoms. The molecule has 2 rings (SSSR count). The monoisotopic (exact) mass is 481 g/mol. The number of guanidine groups is 1. The molecule has 3 unspecified atom stereocenters. The van der Waals surface area contributed by atoms with Gasteiger partial charge >= 0.3 is 0 Å². The summed E-state index contributed by atoms with van der Waals surface area (Å²) < 4.78 is 12.9. The lowest BCUT2D eigenvalue weighted by atomic mass is 10.1. The highest BCUT2D eigenvalue weighted by molar-refractivity contribution is 14.0. The highest BCUT2D eigenvalue weighted by Gasteiger charge is 2.25. The van der Waals surface area contributed by atoms with Crippen molar-refractivity contribution < 1.29 is 9.50 Å². The van der Waals surface area contributed by atoms with Crippen LogP contribution in [0.5, 0.6) is 0 Å². The van der Waals surface area contributed by atoms with Gasteiger partial charge in [0.25, 0.3) is 0 Å². The summed E-state index contributed by atoms with van der Waals surface area (Å²) >= 11 is 2.03. The van der Waals surface area contributed by atoms with Crippen molar-refractivity contribution in [3.8, 4) is 0 Å². The third-order valence-electron chi connectivity index (χ3n) is 4.15. The van der Waals surface area contributed by atoms with Crippen LogP contribution in [0.3, 0.4) is 0 Å². The van der Waals surface area contributed by atoms with Crippen LogP contribution in [-0.2, 0) is 0 Å². The first kappa shape index (κ1) is 22.5. The van der Waals surface area contributed by atoms with E-state index in [0.717, 1.165) is 36.3 Å². The highest BCUT2D eigenvalue weighted by Crippen LogP contribution is 2.29. The Hall–Kier alpha value is -0.540. The van der Waals surface area contributed by atoms with Crippen molar-refractivity contribution in [2.24, 2.45) is 4.99 Å². The average Bonchev–Trinajstić information content (AvgIpc) is 3.01. The molecule has 1 fully saturated rings. The van der Waals surface area contributed by atoms with Gasteiger partial charge in [-0.05, 0) is 49.6 Å². The molecule has 0 saturated heterocycles. The van der Waals surface area contributed by atoms with Gasteiger partial charge in [-0.15, -0.1) is 24.0 Å². The van der Waals surface area contributed by atoms with E-state index >= 15 is 0 Å². The Kier molecular flexibility index (Phi) is 10.8. The lowest BCUT2D eigenvalue weighted by molar-refractivity contribution is 0.187. The molecule has 0 spiro atoms. The predicted octanol–water partition coefficient (Wildman–Crippen LogP) is 3.71. The molecule has 3 atom stereocenters. The van der Waals surface area contributed by atoms with Gasteiger partial charge in [0.05, 0.1) is 12.6 Å². The summed E-state index contributed by atoms with van der Waals surface area (Å²) in [4.78, 5) is 4.49. The number of aliphatic hydroxyl groups excluding tert-OH is 1. The summed E-state index contributed by atoms with van der Waals surface area (Å²) in [6.07, 6.45) is 2.83. The Balaban J connectivity index is 0.00000312. The number of nitrogens with zero attached hydrogens (tertiary/aromatic N) is 1. The zero-order valence-electron chi connectivity index (χ0n) is 14.9. The molecule has 3 N–H and O–H groups in total. The minimum absolute atomic E-state index is 0. The number of nitrogens with one attached hydrogen (secondary N) is 2. The van der Waals surface area contributed by atoms with E-state index < -0.39 is 6.10 Å². The number of hydrogen-bond acceptors (Lipinski definition) is 3. The van der Waals surface area contributed by atoms with Gasteiger partial charge < -0.3 is 15.7 Å². The Bertz CT molecular complexity index is 530. The molecule has 1 aliphatic carbocycles. The third kappa shape index (κ3) is 7.70. The molecule has 142 valence electrons. The minimum Gasteiger partial charge on any atom is -0.386 e. The van der Waals surface area contributed by atoms with E-state index in [0.29, 0.717) is 11.6 Å². The van der Waals surface area contributed by atoms with Gasteiger partial charge in [-0.3, -0.25) is 4.99 Å². The summed E-state index contributed by atoms with van der Waals surface area (Å²) in [6, 6.07) is 6.35. The molecule has 0 bridgehead atoms. The normalized spacial score (nSPS) is 21.5. The smallest absolute Gasteiger partial charge is 0.191 e. The Labute approximate surface area is 171 Å². The maximum Gasteiger partial charge on any atom is 0.191 e. The molecule has 0 radical (unpaired) electrons. The van der Waals surface area contributed by atoms with E-state index in [1.807, 2.05) is 18.7 Å². The fourth-order valence-electron chi connectivity index (χ4n) is 2.94. The maximum absolute atomic E-state index is 12.9. The van der Waals surface area contributed by atoms with E-state index in [4.69, 9.17) is 0 Å². The van der Waals surface area contributed by atoms with Gasteiger partial charge in [0.2, 0.25) is 0 Å². The second kappa shape index (κ2) is 12.0. The maximum atomic E-state index is 12.9. The van der Waals surface area contributed by atoms with Crippen LogP contribution in [0.2, 0.25) is 0 Å². The van der Waals surface area contributed by atoms with Crippen LogP contribution in [0.1, 0.15) is 44.8 Å². The topological polar surface area (TPSA) is 56.7 Å². The lowest BCUT2D eigenvalue weighted by Gasteiger charge is -2.18. The van der Waals surface area contributed by atoms with Crippen molar-refractivity contribution in [3.63, 3.8) is 0 Å². The van der Waals surface area contributed by atoms with Crippen LogP contribution in [0.15, 0.2) is 29.3 Å². The fourth-order valence-corrected chi connectivity index (χ4v) is 4.08. The van der Waals surface area contributed by atoms with Gasteiger partial charge in [0.1, 0.15) is 5.82 Å². The summed E-state index contributed by atoms with van der Waals surface area (Å²) in [6.45, 7) is 5.25. The number of rotatable bonds is 7. The second-order valence-corrected chi connectivity index (χ2v) is 7.60. The lowest BCUT2D eigenvalue weighted by Crippen LogP contribution is -2.42. The Morgan fingerprint density at radius 2 is 2.04 bits per heavy atom. The number of benzene rings is 1. The first-order valence-corrected chi connectivity index (χ1v) is 9.77. The van der Waals surface area contributed by atoms with Crippen molar-refractivity contribution in [1.82, 2.24) is 10.6 Å². The molecule has 0 aromatic heterocycles. The van der Waals surface area contributed by atoms with Crippen LogP contribution in [0.4, 0.5) is 4.39 Å². The van der Waals surface area contributed by atoms with Crippen LogP contribution in [0.25, 0.3) is 0 Å². The first-order valence-electron chi connectivity index (χ1n) is 8.72. The molecule has 1 aromatic carbocycles. The van der Waals surface area contributed by atoms with E-state index in [2.05, 4.69) is 22.5 Å². The largest absolute Gasteiger partial charge is 0.386 e. The van der Waals surface area contributed by atoms with Crippen molar-refractivity contribution in [2.45, 2.75) is 50.5 Å². The van der Waals surface area contributed by atoms with Crippen LogP contribution < -0.4 is 10.6 Å². The summed E-state index contributed by atoms with van der Waals surface area (Å²) in [5.74, 6) is 1.60. The number of thioether (sulfide) groups is 1. The molecule has 0 amide bonds. The molecule has 0 heterocycles. The molecular formula is C18H29FIN3OS. The Morgan fingerprint density at radius 3 is 2.68 bits per heavy atom. The van der Waals surface area contributed by atoms with Crippen molar-refractivity contribution in [2.75, 3.05) is 18.8 Å². The van der Waals surface area contributed by atoms with E-state index in [-0.39, 0.29) is 36.3 Å². The van der Waals surface area contributed by atoms with Gasteiger partial charge in [0.15, 0.2) is 5.96 Å². The molecular weight excluding hydrogens is 452 g/mol. The summed E-state index contributed by atoms with van der Waals surface area (Å²) in [7, 11) is 0. The van der Waals surface area contributed by atoms with E-state index in [9.17, 15) is 9.50 Å². The van der Waals surface area contributed by atoms with Crippen LogP contribution in [0, 0.1) is 5.82 Å². The number of hydrogen-bond donors (Lipinski definition) is 3. The van der Waals surface area contributed by atoms with Crippen molar-refractivity contribution in [3.05, 3.63) is 35.6 Å². The summed E-state index contributed by atoms with van der Waals surface area (Å²) in [5, 5.41) is 17.7.